The van der Waals surface area contributed by atoms with Gasteiger partial charge in [-0.1, -0.05) is 121 Å². The van der Waals surface area contributed by atoms with Crippen molar-refractivity contribution in [2.24, 2.45) is 0 Å². The zero-order valence-electron chi connectivity index (χ0n) is 26.3. The summed E-state index contributed by atoms with van der Waals surface area (Å²) in [4.78, 5) is 20.7. The molecule has 0 aliphatic carbocycles. The Morgan fingerprint density at radius 3 is 1.73 bits per heavy atom. The van der Waals surface area contributed by atoms with Gasteiger partial charge in [0.25, 0.3) is 0 Å². The second kappa shape index (κ2) is 10.9. The molecule has 0 saturated heterocycles. The Labute approximate surface area is 281 Å². The lowest BCUT2D eigenvalue weighted by atomic mass is 9.98. The van der Waals surface area contributed by atoms with Gasteiger partial charge in [0.05, 0.1) is 39.3 Å². The summed E-state index contributed by atoms with van der Waals surface area (Å²) >= 11 is 0. The smallest absolute Gasteiger partial charge is 0.146 e. The zero-order valence-corrected chi connectivity index (χ0v) is 26.3. The highest BCUT2D eigenvalue weighted by Gasteiger charge is 2.17. The lowest BCUT2D eigenvalue weighted by molar-refractivity contribution is 1.20. The van der Waals surface area contributed by atoms with Crippen LogP contribution < -0.4 is 0 Å². The number of hydrogen-bond donors (Lipinski definition) is 0. The van der Waals surface area contributed by atoms with Crippen molar-refractivity contribution in [2.45, 2.75) is 0 Å². The van der Waals surface area contributed by atoms with Gasteiger partial charge in [0, 0.05) is 61.6 Å². The molecule has 5 aromatic heterocycles. The first-order chi connectivity index (χ1) is 24.3. The molecule has 0 radical (unpaired) electrons. The molecular weight excluding hydrogens is 599 g/mol. The molecule has 0 spiro atoms. The van der Waals surface area contributed by atoms with Crippen molar-refractivity contribution in [1.82, 2.24) is 24.3 Å². The fourth-order valence-corrected chi connectivity index (χ4v) is 6.97. The number of hydrogen-bond acceptors (Lipinski definition) is 4. The molecule has 0 aliphatic rings. The topological polar surface area (TPSA) is 56.0 Å². The third kappa shape index (κ3) is 4.55. The van der Waals surface area contributed by atoms with Crippen LogP contribution in [0.1, 0.15) is 0 Å². The summed E-state index contributed by atoms with van der Waals surface area (Å²) in [6.45, 7) is 0. The molecule has 5 aromatic carbocycles. The molecule has 0 aliphatic heterocycles. The van der Waals surface area contributed by atoms with Gasteiger partial charge in [-0.15, -0.1) is 0 Å². The van der Waals surface area contributed by atoms with Crippen molar-refractivity contribution in [2.75, 3.05) is 0 Å². The predicted molar refractivity (Wildman–Crippen MR) is 200 cm³/mol. The summed E-state index contributed by atoms with van der Waals surface area (Å²) in [5, 5.41) is 5.36. The van der Waals surface area contributed by atoms with Crippen molar-refractivity contribution in [3.05, 3.63) is 164 Å². The number of fused-ring (bicyclic) bond motifs is 8. The Kier molecular flexibility index (Phi) is 6.11. The highest BCUT2D eigenvalue weighted by atomic mass is 15.0. The van der Waals surface area contributed by atoms with Gasteiger partial charge in [0.2, 0.25) is 0 Å². The number of pyridine rings is 4. The van der Waals surface area contributed by atoms with Crippen molar-refractivity contribution in [1.29, 1.82) is 0 Å². The van der Waals surface area contributed by atoms with Gasteiger partial charge >= 0.3 is 0 Å². The van der Waals surface area contributed by atoms with Crippen LogP contribution in [0.25, 0.3) is 94.2 Å². The van der Waals surface area contributed by atoms with Crippen LogP contribution in [0.4, 0.5) is 0 Å². The molecule has 0 atom stereocenters. The molecule has 0 bridgehead atoms. The second-order valence-electron chi connectivity index (χ2n) is 12.4. The maximum Gasteiger partial charge on any atom is 0.146 e. The number of imidazole rings is 1. The summed E-state index contributed by atoms with van der Waals surface area (Å²) < 4.78 is 2.12. The molecule has 0 fully saturated rings. The first-order valence-corrected chi connectivity index (χ1v) is 16.4. The van der Waals surface area contributed by atoms with E-state index >= 15 is 0 Å². The quantitative estimate of drug-likeness (QED) is 0.183. The van der Waals surface area contributed by atoms with Crippen LogP contribution >= 0.6 is 0 Å². The first kappa shape index (κ1) is 27.4. The van der Waals surface area contributed by atoms with E-state index in [2.05, 4.69) is 126 Å². The molecule has 49 heavy (non-hydrogen) atoms. The van der Waals surface area contributed by atoms with Gasteiger partial charge in [-0.3, -0.25) is 0 Å². The molecule has 0 amide bonds. The van der Waals surface area contributed by atoms with Gasteiger partial charge in [-0.2, -0.15) is 0 Å². The molecular formula is C44H27N5. The van der Waals surface area contributed by atoms with Crippen molar-refractivity contribution < 1.29 is 0 Å². The second-order valence-corrected chi connectivity index (χ2v) is 12.4. The SMILES string of the molecule is c1ccc(-c2ccc3ccc4ccc(-c5cccc(-c6nc7ccccc7c7c6ccn6cc(-c8ccccc8)nc76)c5)nc4c3n2)cc1. The molecule has 10 rings (SSSR count). The van der Waals surface area contributed by atoms with E-state index in [1.807, 2.05) is 42.5 Å². The molecule has 0 unspecified atom stereocenters. The first-order valence-electron chi connectivity index (χ1n) is 16.4. The van der Waals surface area contributed by atoms with Crippen LogP contribution in [0.2, 0.25) is 0 Å². The maximum atomic E-state index is 5.24. The largest absolute Gasteiger partial charge is 0.306 e. The monoisotopic (exact) mass is 625 g/mol. The van der Waals surface area contributed by atoms with Crippen LogP contribution in [-0.4, -0.2) is 24.3 Å². The molecule has 10 aromatic rings. The molecule has 5 heteroatoms. The van der Waals surface area contributed by atoms with Gasteiger partial charge < -0.3 is 4.40 Å². The van der Waals surface area contributed by atoms with Gasteiger partial charge in [0.15, 0.2) is 0 Å². The van der Waals surface area contributed by atoms with Crippen molar-refractivity contribution in [3.63, 3.8) is 0 Å². The van der Waals surface area contributed by atoms with E-state index in [-0.39, 0.29) is 0 Å². The Bertz CT molecular complexity index is 2880. The fourth-order valence-electron chi connectivity index (χ4n) is 6.97. The summed E-state index contributed by atoms with van der Waals surface area (Å²) in [7, 11) is 0. The summed E-state index contributed by atoms with van der Waals surface area (Å²) in [5.41, 5.74) is 11.6. The number of nitrogens with zero attached hydrogens (tertiary/aromatic N) is 5. The van der Waals surface area contributed by atoms with Gasteiger partial charge in [0.1, 0.15) is 5.65 Å². The Hall–Kier alpha value is -6.72. The third-order valence-electron chi connectivity index (χ3n) is 9.38. The van der Waals surface area contributed by atoms with Crippen LogP contribution in [0.3, 0.4) is 0 Å². The van der Waals surface area contributed by atoms with Crippen LogP contribution in [-0.2, 0) is 0 Å². The van der Waals surface area contributed by atoms with E-state index in [0.717, 1.165) is 94.2 Å². The Morgan fingerprint density at radius 2 is 1.00 bits per heavy atom. The van der Waals surface area contributed by atoms with E-state index in [0.29, 0.717) is 0 Å². The average Bonchev–Trinajstić information content (AvgIpc) is 3.63. The summed E-state index contributed by atoms with van der Waals surface area (Å²) in [5.74, 6) is 0. The third-order valence-corrected chi connectivity index (χ3v) is 9.38. The molecule has 5 nitrogen and oxygen atoms in total. The minimum absolute atomic E-state index is 0.891. The molecule has 228 valence electrons. The van der Waals surface area contributed by atoms with Crippen LogP contribution in [0.5, 0.6) is 0 Å². The average molecular weight is 626 g/mol. The minimum Gasteiger partial charge on any atom is -0.306 e. The highest BCUT2D eigenvalue weighted by Crippen LogP contribution is 2.37. The van der Waals surface area contributed by atoms with Crippen molar-refractivity contribution in [3.8, 4) is 45.0 Å². The van der Waals surface area contributed by atoms with E-state index in [1.165, 1.54) is 0 Å². The minimum atomic E-state index is 0.891. The predicted octanol–water partition coefficient (Wildman–Crippen LogP) is 10.8. The van der Waals surface area contributed by atoms with E-state index in [1.54, 1.807) is 0 Å². The Balaban J connectivity index is 1.15. The van der Waals surface area contributed by atoms with Gasteiger partial charge in [-0.05, 0) is 30.3 Å². The standard InChI is InChI=1S/C44H27N5/c1-3-10-28(11-4-1)36-22-20-30-18-19-31-21-23-37(46-43(31)42(30)45-36)32-14-9-15-33(26-32)41-35-24-25-49-27-39(29-12-5-2-6-13-29)48-44(49)40(35)34-16-7-8-17-38(34)47-41/h1-27H. The zero-order chi connectivity index (χ0) is 32.3. The molecule has 0 saturated carbocycles. The van der Waals surface area contributed by atoms with E-state index < -0.39 is 0 Å². The van der Waals surface area contributed by atoms with E-state index in [4.69, 9.17) is 19.9 Å². The fraction of sp³-hybridized carbons (Fsp3) is 0. The lowest BCUT2D eigenvalue weighted by Gasteiger charge is -2.12. The van der Waals surface area contributed by atoms with Crippen molar-refractivity contribution >= 4 is 49.1 Å². The molecule has 5 heterocycles. The number of rotatable bonds is 4. The van der Waals surface area contributed by atoms with Crippen LogP contribution in [0.15, 0.2) is 164 Å². The molecule has 0 N–H and O–H groups in total. The van der Waals surface area contributed by atoms with Gasteiger partial charge in [-0.25, -0.2) is 19.9 Å². The number of benzene rings is 5. The van der Waals surface area contributed by atoms with E-state index in [9.17, 15) is 0 Å². The normalized spacial score (nSPS) is 11.7. The number of para-hydroxylation sites is 1. The Morgan fingerprint density at radius 1 is 0.408 bits per heavy atom. The number of aromatic nitrogens is 5. The lowest BCUT2D eigenvalue weighted by Crippen LogP contribution is -1.94. The summed E-state index contributed by atoms with van der Waals surface area (Å²) in [6.07, 6.45) is 4.19. The highest BCUT2D eigenvalue weighted by molar-refractivity contribution is 6.17. The van der Waals surface area contributed by atoms with Crippen LogP contribution in [0, 0.1) is 0 Å². The maximum absolute atomic E-state index is 5.24. The summed E-state index contributed by atoms with van der Waals surface area (Å²) in [6, 6.07) is 52.4.